The van der Waals surface area contributed by atoms with Crippen LogP contribution in [0.15, 0.2) is 66.3 Å². The minimum absolute atomic E-state index is 0.0715. The lowest BCUT2D eigenvalue weighted by molar-refractivity contribution is -0.121. The molecule has 4 aromatic rings. The van der Waals surface area contributed by atoms with Crippen molar-refractivity contribution in [2.75, 3.05) is 6.54 Å². The first kappa shape index (κ1) is 18.4. The van der Waals surface area contributed by atoms with Gasteiger partial charge in [-0.2, -0.15) is 0 Å². The van der Waals surface area contributed by atoms with E-state index < -0.39 is 0 Å². The molecule has 1 N–H and O–H groups in total. The van der Waals surface area contributed by atoms with Crippen LogP contribution in [-0.2, 0) is 17.6 Å². The number of pyridine rings is 1. The Hall–Kier alpha value is -2.99. The summed E-state index contributed by atoms with van der Waals surface area (Å²) in [6.45, 7) is 0.660. The number of nitrogens with zero attached hydrogens (tertiary/aromatic N) is 3. The third-order valence-electron chi connectivity index (χ3n) is 4.60. The third-order valence-corrected chi connectivity index (χ3v) is 5.54. The molecular formula is C22H22N4OS. The van der Waals surface area contributed by atoms with Crippen molar-refractivity contribution < 1.29 is 4.79 Å². The lowest BCUT2D eigenvalue weighted by Gasteiger charge is -2.05. The molecule has 1 amide bonds. The van der Waals surface area contributed by atoms with Gasteiger partial charge in [0.15, 0.2) is 0 Å². The number of hydrogen-bond donors (Lipinski definition) is 1. The fourth-order valence-electron chi connectivity index (χ4n) is 3.12. The molecule has 1 aromatic carbocycles. The van der Waals surface area contributed by atoms with Gasteiger partial charge in [0, 0.05) is 36.5 Å². The number of hydrogen-bond acceptors (Lipinski definition) is 4. The molecule has 0 unspecified atom stereocenters. The van der Waals surface area contributed by atoms with Crippen LogP contribution in [0.25, 0.3) is 16.1 Å². The zero-order chi connectivity index (χ0) is 19.2. The molecule has 5 nitrogen and oxygen atoms in total. The van der Waals surface area contributed by atoms with Crippen molar-refractivity contribution >= 4 is 22.8 Å². The summed E-state index contributed by atoms with van der Waals surface area (Å²) < 4.78 is 2.09. The molecule has 0 bridgehead atoms. The number of imidazole rings is 1. The molecule has 0 radical (unpaired) electrons. The van der Waals surface area contributed by atoms with Crippen LogP contribution in [0.2, 0.25) is 0 Å². The van der Waals surface area contributed by atoms with Gasteiger partial charge in [0.05, 0.1) is 17.4 Å². The van der Waals surface area contributed by atoms with E-state index in [1.807, 2.05) is 54.2 Å². The van der Waals surface area contributed by atoms with Gasteiger partial charge in [-0.15, -0.1) is 11.3 Å². The standard InChI is InChI=1S/C22H22N4OS/c27-21(12-11-18-16-28-22(25-18)17-7-2-1-3-8-17)23-13-6-10-20-24-15-19-9-4-5-14-26(19)20/h1-5,7-9,14-16H,6,10-13H2,(H,23,27). The van der Waals surface area contributed by atoms with Crippen LogP contribution in [-0.4, -0.2) is 26.8 Å². The Balaban J connectivity index is 1.20. The highest BCUT2D eigenvalue weighted by molar-refractivity contribution is 7.13. The highest BCUT2D eigenvalue weighted by atomic mass is 32.1. The third kappa shape index (κ3) is 4.46. The van der Waals surface area contributed by atoms with E-state index in [1.54, 1.807) is 11.3 Å². The number of fused-ring (bicyclic) bond motifs is 1. The molecule has 0 aliphatic carbocycles. The van der Waals surface area contributed by atoms with Crippen LogP contribution in [0.1, 0.15) is 24.4 Å². The molecule has 0 aliphatic rings. The van der Waals surface area contributed by atoms with Crippen LogP contribution < -0.4 is 5.32 Å². The molecular weight excluding hydrogens is 368 g/mol. The smallest absolute Gasteiger partial charge is 0.220 e. The first-order chi connectivity index (χ1) is 13.8. The second-order valence-corrected chi connectivity index (χ2v) is 7.49. The first-order valence-electron chi connectivity index (χ1n) is 9.47. The summed E-state index contributed by atoms with van der Waals surface area (Å²) in [6, 6.07) is 16.2. The van der Waals surface area contributed by atoms with Crippen LogP contribution in [0, 0.1) is 0 Å². The number of carbonyl (C=O) groups is 1. The predicted molar refractivity (Wildman–Crippen MR) is 112 cm³/mol. The molecule has 3 aromatic heterocycles. The number of rotatable bonds is 8. The average molecular weight is 391 g/mol. The van der Waals surface area contributed by atoms with E-state index in [1.165, 1.54) is 0 Å². The number of aromatic nitrogens is 3. The lowest BCUT2D eigenvalue weighted by atomic mass is 10.2. The van der Waals surface area contributed by atoms with Gasteiger partial charge in [-0.1, -0.05) is 36.4 Å². The van der Waals surface area contributed by atoms with E-state index in [4.69, 9.17) is 0 Å². The maximum atomic E-state index is 12.1. The van der Waals surface area contributed by atoms with Gasteiger partial charge >= 0.3 is 0 Å². The van der Waals surface area contributed by atoms with Crippen molar-refractivity contribution in [3.05, 3.63) is 77.8 Å². The van der Waals surface area contributed by atoms with Crippen molar-refractivity contribution in [2.24, 2.45) is 0 Å². The van der Waals surface area contributed by atoms with E-state index >= 15 is 0 Å². The van der Waals surface area contributed by atoms with Gasteiger partial charge in [-0.05, 0) is 25.0 Å². The Morgan fingerprint density at radius 3 is 2.82 bits per heavy atom. The number of thiazole rings is 1. The molecule has 0 atom stereocenters. The lowest BCUT2D eigenvalue weighted by Crippen LogP contribution is -2.25. The Labute approximate surface area is 168 Å². The fraction of sp³-hybridized carbons (Fsp3) is 0.227. The summed E-state index contributed by atoms with van der Waals surface area (Å²) in [5.41, 5.74) is 3.19. The van der Waals surface area contributed by atoms with Crippen molar-refractivity contribution in [3.63, 3.8) is 0 Å². The van der Waals surface area contributed by atoms with E-state index in [9.17, 15) is 4.79 Å². The molecule has 3 heterocycles. The number of nitrogens with one attached hydrogen (secondary N) is 1. The molecule has 142 valence electrons. The van der Waals surface area contributed by atoms with Gasteiger partial charge in [-0.25, -0.2) is 9.97 Å². The number of aryl methyl sites for hydroxylation is 2. The van der Waals surface area contributed by atoms with Crippen LogP contribution in [0.5, 0.6) is 0 Å². The minimum atomic E-state index is 0.0715. The van der Waals surface area contributed by atoms with E-state index in [0.717, 1.165) is 40.4 Å². The van der Waals surface area contributed by atoms with Crippen molar-refractivity contribution in [1.82, 2.24) is 19.7 Å². The maximum Gasteiger partial charge on any atom is 0.220 e. The summed E-state index contributed by atoms with van der Waals surface area (Å²) in [6.07, 6.45) is 6.74. The largest absolute Gasteiger partial charge is 0.356 e. The predicted octanol–water partition coefficient (Wildman–Crippen LogP) is 4.14. The molecule has 28 heavy (non-hydrogen) atoms. The highest BCUT2D eigenvalue weighted by Gasteiger charge is 2.08. The average Bonchev–Trinajstić information content (AvgIpc) is 3.38. The van der Waals surface area contributed by atoms with Crippen LogP contribution >= 0.6 is 11.3 Å². The fourth-order valence-corrected chi connectivity index (χ4v) is 3.98. The monoisotopic (exact) mass is 390 g/mol. The van der Waals surface area contributed by atoms with E-state index in [-0.39, 0.29) is 5.91 Å². The molecule has 0 saturated heterocycles. The van der Waals surface area contributed by atoms with Gasteiger partial charge in [-0.3, -0.25) is 4.79 Å². The van der Waals surface area contributed by atoms with Gasteiger partial charge < -0.3 is 9.72 Å². The Morgan fingerprint density at radius 1 is 1.07 bits per heavy atom. The molecule has 0 fully saturated rings. The normalized spacial score (nSPS) is 11.0. The van der Waals surface area contributed by atoms with E-state index in [0.29, 0.717) is 19.4 Å². The Morgan fingerprint density at radius 2 is 1.93 bits per heavy atom. The number of amides is 1. The van der Waals surface area contributed by atoms with Crippen LogP contribution in [0.3, 0.4) is 0 Å². The topological polar surface area (TPSA) is 59.3 Å². The quantitative estimate of drug-likeness (QED) is 0.460. The second-order valence-electron chi connectivity index (χ2n) is 6.63. The van der Waals surface area contributed by atoms with Crippen molar-refractivity contribution in [1.29, 1.82) is 0 Å². The molecule has 0 saturated carbocycles. The Kier molecular flexibility index (Phi) is 5.77. The van der Waals surface area contributed by atoms with Gasteiger partial charge in [0.25, 0.3) is 0 Å². The molecule has 6 heteroatoms. The Bertz CT molecular complexity index is 1050. The highest BCUT2D eigenvalue weighted by Crippen LogP contribution is 2.23. The summed E-state index contributed by atoms with van der Waals surface area (Å²) in [7, 11) is 0. The summed E-state index contributed by atoms with van der Waals surface area (Å²) in [5, 5.41) is 6.04. The number of carbonyl (C=O) groups excluding carboxylic acids is 1. The zero-order valence-corrected chi connectivity index (χ0v) is 16.4. The molecule has 4 rings (SSSR count). The van der Waals surface area contributed by atoms with Gasteiger partial charge in [0.2, 0.25) is 5.91 Å². The SMILES string of the molecule is O=C(CCc1csc(-c2ccccc2)n1)NCCCc1ncc2ccccn12. The summed E-state index contributed by atoms with van der Waals surface area (Å²) in [5.74, 6) is 1.10. The van der Waals surface area contributed by atoms with Crippen molar-refractivity contribution in [3.8, 4) is 10.6 Å². The van der Waals surface area contributed by atoms with E-state index in [2.05, 4.69) is 31.8 Å². The number of benzene rings is 1. The summed E-state index contributed by atoms with van der Waals surface area (Å²) >= 11 is 1.62. The second kappa shape index (κ2) is 8.80. The molecule has 0 spiro atoms. The van der Waals surface area contributed by atoms with Gasteiger partial charge in [0.1, 0.15) is 10.8 Å². The first-order valence-corrected chi connectivity index (χ1v) is 10.3. The molecule has 0 aliphatic heterocycles. The maximum absolute atomic E-state index is 12.1. The zero-order valence-electron chi connectivity index (χ0n) is 15.5. The minimum Gasteiger partial charge on any atom is -0.356 e. The van der Waals surface area contributed by atoms with Crippen molar-refractivity contribution in [2.45, 2.75) is 25.7 Å². The van der Waals surface area contributed by atoms with Crippen LogP contribution in [0.4, 0.5) is 0 Å². The summed E-state index contributed by atoms with van der Waals surface area (Å²) in [4.78, 5) is 21.2.